The Hall–Kier alpha value is 0.310. The first-order chi connectivity index (χ1) is 3.31. The minimum atomic E-state index is 0.583. The summed E-state index contributed by atoms with van der Waals surface area (Å²) in [6, 6.07) is 0. The van der Waals surface area contributed by atoms with E-state index in [0.29, 0.717) is 6.10 Å². The standard InChI is InChI=1S/C3H6O.C2H6S/c1-3-2-4-3;1-3-2/h3H,2H2,1H3;1-2H3. The van der Waals surface area contributed by atoms with E-state index in [1.807, 2.05) is 12.5 Å². The molecule has 0 amide bonds. The monoisotopic (exact) mass is 120 g/mol. The van der Waals surface area contributed by atoms with Crippen LogP contribution in [-0.2, 0) is 4.74 Å². The topological polar surface area (TPSA) is 12.5 Å². The lowest BCUT2D eigenvalue weighted by Crippen LogP contribution is -1.60. The Bertz CT molecular complexity index is 35.1. The van der Waals surface area contributed by atoms with Gasteiger partial charge in [-0.2, -0.15) is 11.8 Å². The zero-order valence-corrected chi connectivity index (χ0v) is 5.92. The van der Waals surface area contributed by atoms with Crippen molar-refractivity contribution in [1.82, 2.24) is 0 Å². The Morgan fingerprint density at radius 2 is 1.71 bits per heavy atom. The van der Waals surface area contributed by atoms with Gasteiger partial charge in [0.15, 0.2) is 0 Å². The van der Waals surface area contributed by atoms with Crippen molar-refractivity contribution in [3.05, 3.63) is 0 Å². The molecule has 7 heavy (non-hydrogen) atoms. The summed E-state index contributed by atoms with van der Waals surface area (Å²) in [5.74, 6) is 0. The molecule has 1 atom stereocenters. The maximum absolute atomic E-state index is 4.71. The SMILES string of the molecule is CC1CO1.CSC. The third kappa shape index (κ3) is 10.7. The molecule has 0 spiro atoms. The highest BCUT2D eigenvalue weighted by atomic mass is 32.2. The predicted octanol–water partition coefficient (Wildman–Crippen LogP) is 1.38. The van der Waals surface area contributed by atoms with Crippen LogP contribution in [0.2, 0.25) is 0 Å². The Morgan fingerprint density at radius 1 is 1.57 bits per heavy atom. The van der Waals surface area contributed by atoms with E-state index in [4.69, 9.17) is 4.74 Å². The van der Waals surface area contributed by atoms with Crippen molar-refractivity contribution in [2.45, 2.75) is 13.0 Å². The zero-order chi connectivity index (χ0) is 5.70. The van der Waals surface area contributed by atoms with E-state index in [1.54, 1.807) is 11.8 Å². The lowest BCUT2D eigenvalue weighted by molar-refractivity contribution is 0.423. The van der Waals surface area contributed by atoms with E-state index < -0.39 is 0 Å². The molecule has 1 fully saturated rings. The molecule has 1 aliphatic heterocycles. The molecule has 0 aromatic heterocycles. The molecule has 1 nitrogen and oxygen atoms in total. The number of epoxide rings is 1. The third-order valence-electron chi connectivity index (χ3n) is 0.500. The van der Waals surface area contributed by atoms with E-state index >= 15 is 0 Å². The smallest absolute Gasteiger partial charge is 0.0781 e. The van der Waals surface area contributed by atoms with Crippen LogP contribution in [0.25, 0.3) is 0 Å². The summed E-state index contributed by atoms with van der Waals surface area (Å²) < 4.78 is 4.71. The second-order valence-corrected chi connectivity index (χ2v) is 2.37. The van der Waals surface area contributed by atoms with Crippen LogP contribution in [0.3, 0.4) is 0 Å². The number of hydrogen-bond acceptors (Lipinski definition) is 2. The minimum Gasteiger partial charge on any atom is -0.373 e. The van der Waals surface area contributed by atoms with Crippen LogP contribution in [0.1, 0.15) is 6.92 Å². The quantitative estimate of drug-likeness (QED) is 0.448. The van der Waals surface area contributed by atoms with Gasteiger partial charge in [0.05, 0.1) is 12.7 Å². The maximum atomic E-state index is 4.71. The predicted molar refractivity (Wildman–Crippen MR) is 34.9 cm³/mol. The number of thioether (sulfide) groups is 1. The molecular weight excluding hydrogens is 108 g/mol. The van der Waals surface area contributed by atoms with Gasteiger partial charge in [-0.05, 0) is 19.4 Å². The Labute approximate surface area is 49.4 Å². The molecule has 1 unspecified atom stereocenters. The van der Waals surface area contributed by atoms with Crippen molar-refractivity contribution in [3.8, 4) is 0 Å². The summed E-state index contributed by atoms with van der Waals surface area (Å²) in [5, 5.41) is 0. The summed E-state index contributed by atoms with van der Waals surface area (Å²) in [4.78, 5) is 0. The Kier molecular flexibility index (Phi) is 4.67. The lowest BCUT2D eigenvalue weighted by Gasteiger charge is -1.51. The van der Waals surface area contributed by atoms with Crippen molar-refractivity contribution >= 4 is 11.8 Å². The molecule has 44 valence electrons. The highest BCUT2D eigenvalue weighted by Gasteiger charge is 2.13. The lowest BCUT2D eigenvalue weighted by atomic mass is 10.6. The summed E-state index contributed by atoms with van der Waals surface area (Å²) in [6.45, 7) is 3.04. The maximum Gasteiger partial charge on any atom is 0.0781 e. The second kappa shape index (κ2) is 4.47. The summed E-state index contributed by atoms with van der Waals surface area (Å²) in [5.41, 5.74) is 0. The molecule has 0 aromatic rings. The fraction of sp³-hybridized carbons (Fsp3) is 1.00. The largest absolute Gasteiger partial charge is 0.373 e. The third-order valence-corrected chi connectivity index (χ3v) is 0.500. The van der Waals surface area contributed by atoms with Gasteiger partial charge in [0.2, 0.25) is 0 Å². The van der Waals surface area contributed by atoms with E-state index in [9.17, 15) is 0 Å². The molecule has 0 bridgehead atoms. The van der Waals surface area contributed by atoms with Gasteiger partial charge in [0.1, 0.15) is 0 Å². The van der Waals surface area contributed by atoms with Gasteiger partial charge >= 0.3 is 0 Å². The molecule has 0 radical (unpaired) electrons. The van der Waals surface area contributed by atoms with Crippen LogP contribution in [-0.4, -0.2) is 25.2 Å². The highest BCUT2D eigenvalue weighted by molar-refractivity contribution is 7.97. The van der Waals surface area contributed by atoms with Gasteiger partial charge in [-0.1, -0.05) is 0 Å². The van der Waals surface area contributed by atoms with E-state index in [2.05, 4.69) is 6.92 Å². The normalized spacial score (nSPS) is 25.3. The average Bonchev–Trinajstić information content (AvgIpc) is 2.25. The van der Waals surface area contributed by atoms with Crippen molar-refractivity contribution < 1.29 is 4.74 Å². The zero-order valence-electron chi connectivity index (χ0n) is 5.10. The van der Waals surface area contributed by atoms with Gasteiger partial charge in [-0.25, -0.2) is 0 Å². The molecule has 0 saturated carbocycles. The first kappa shape index (κ1) is 7.31. The summed E-state index contributed by atoms with van der Waals surface area (Å²) in [7, 11) is 0. The van der Waals surface area contributed by atoms with Crippen molar-refractivity contribution in [2.75, 3.05) is 19.1 Å². The summed E-state index contributed by atoms with van der Waals surface area (Å²) in [6.07, 6.45) is 4.67. The van der Waals surface area contributed by atoms with E-state index in [-0.39, 0.29) is 0 Å². The van der Waals surface area contributed by atoms with Gasteiger partial charge in [0, 0.05) is 0 Å². The molecule has 0 aromatic carbocycles. The van der Waals surface area contributed by atoms with Crippen molar-refractivity contribution in [1.29, 1.82) is 0 Å². The van der Waals surface area contributed by atoms with Gasteiger partial charge in [-0.15, -0.1) is 0 Å². The molecule has 0 N–H and O–H groups in total. The first-order valence-electron chi connectivity index (χ1n) is 2.33. The molecule has 2 heteroatoms. The fourth-order valence-electron chi connectivity index (χ4n) is 0.0962. The van der Waals surface area contributed by atoms with Crippen molar-refractivity contribution in [2.24, 2.45) is 0 Å². The number of hydrogen-bond donors (Lipinski definition) is 0. The molecular formula is C5H12OS. The molecule has 0 aliphatic carbocycles. The van der Waals surface area contributed by atoms with Crippen LogP contribution in [0.4, 0.5) is 0 Å². The van der Waals surface area contributed by atoms with Crippen molar-refractivity contribution in [3.63, 3.8) is 0 Å². The van der Waals surface area contributed by atoms with Gasteiger partial charge < -0.3 is 4.74 Å². The van der Waals surface area contributed by atoms with E-state index in [1.165, 1.54) is 0 Å². The average molecular weight is 120 g/mol. The molecule has 1 aliphatic rings. The van der Waals surface area contributed by atoms with Crippen LogP contribution in [0.5, 0.6) is 0 Å². The van der Waals surface area contributed by atoms with Crippen LogP contribution in [0, 0.1) is 0 Å². The van der Waals surface area contributed by atoms with Gasteiger partial charge in [0.25, 0.3) is 0 Å². The Morgan fingerprint density at radius 3 is 1.71 bits per heavy atom. The minimum absolute atomic E-state index is 0.583. The fourth-order valence-corrected chi connectivity index (χ4v) is 0.0962. The van der Waals surface area contributed by atoms with Crippen LogP contribution >= 0.6 is 11.8 Å². The van der Waals surface area contributed by atoms with Crippen LogP contribution < -0.4 is 0 Å². The van der Waals surface area contributed by atoms with E-state index in [0.717, 1.165) is 6.61 Å². The Balaban J connectivity index is 0.000000110. The molecule has 1 saturated heterocycles. The molecule has 1 rings (SSSR count). The second-order valence-electron chi connectivity index (χ2n) is 1.55. The summed E-state index contributed by atoms with van der Waals surface area (Å²) >= 11 is 1.75. The highest BCUT2D eigenvalue weighted by Crippen LogP contribution is 2.04. The van der Waals surface area contributed by atoms with Gasteiger partial charge in [-0.3, -0.25) is 0 Å². The molecule has 1 heterocycles. The number of rotatable bonds is 0. The number of ether oxygens (including phenoxy) is 1. The first-order valence-corrected chi connectivity index (χ1v) is 3.96. The van der Waals surface area contributed by atoms with Crippen LogP contribution in [0.15, 0.2) is 0 Å².